The van der Waals surface area contributed by atoms with Crippen molar-refractivity contribution in [2.75, 3.05) is 26.8 Å². The van der Waals surface area contributed by atoms with E-state index in [0.29, 0.717) is 17.6 Å². The molecule has 114 valence electrons. The van der Waals surface area contributed by atoms with Gasteiger partial charge in [-0.25, -0.2) is 0 Å². The molecule has 0 radical (unpaired) electrons. The molecule has 0 saturated carbocycles. The molecule has 0 aliphatic carbocycles. The fourth-order valence-electron chi connectivity index (χ4n) is 1.41. The van der Waals surface area contributed by atoms with Crippen molar-refractivity contribution in [3.63, 3.8) is 0 Å². The summed E-state index contributed by atoms with van der Waals surface area (Å²) in [4.78, 5) is 33.4. The van der Waals surface area contributed by atoms with Crippen molar-refractivity contribution in [2.45, 2.75) is 0 Å². The van der Waals surface area contributed by atoms with E-state index in [0.717, 1.165) is 6.07 Å². The number of methoxy groups -OCH3 is 1. The van der Waals surface area contributed by atoms with Crippen LogP contribution < -0.4 is 10.6 Å². The number of amides is 2. The van der Waals surface area contributed by atoms with Gasteiger partial charge in [0.05, 0.1) is 23.6 Å². The second-order valence-electron chi connectivity index (χ2n) is 3.95. The number of non-ortho nitro benzene ring substituents is 1. The van der Waals surface area contributed by atoms with Gasteiger partial charge in [0.1, 0.15) is 0 Å². The van der Waals surface area contributed by atoms with Gasteiger partial charge in [-0.2, -0.15) is 0 Å². The molecule has 0 bridgehead atoms. The van der Waals surface area contributed by atoms with Crippen LogP contribution in [0.1, 0.15) is 10.4 Å². The molecule has 0 spiro atoms. The van der Waals surface area contributed by atoms with Crippen LogP contribution in [-0.4, -0.2) is 43.5 Å². The Labute approximate surface area is 129 Å². The highest BCUT2D eigenvalue weighted by atomic mass is 79.9. The summed E-state index contributed by atoms with van der Waals surface area (Å²) in [7, 11) is 1.51. The number of benzene rings is 1. The first kappa shape index (κ1) is 17.1. The molecule has 21 heavy (non-hydrogen) atoms. The van der Waals surface area contributed by atoms with Crippen molar-refractivity contribution in [1.29, 1.82) is 0 Å². The van der Waals surface area contributed by atoms with Gasteiger partial charge in [-0.05, 0) is 22.0 Å². The maximum atomic E-state index is 11.9. The first-order chi connectivity index (χ1) is 9.95. The molecule has 2 amide bonds. The van der Waals surface area contributed by atoms with Crippen LogP contribution in [0.3, 0.4) is 0 Å². The maximum absolute atomic E-state index is 11.9. The predicted octanol–water partition coefficient (Wildman–Crippen LogP) is 0.850. The summed E-state index contributed by atoms with van der Waals surface area (Å²) in [6.45, 7) is 0.486. The van der Waals surface area contributed by atoms with Gasteiger partial charge >= 0.3 is 0 Å². The van der Waals surface area contributed by atoms with Crippen molar-refractivity contribution in [3.8, 4) is 0 Å². The molecule has 0 fully saturated rings. The van der Waals surface area contributed by atoms with Crippen LogP contribution in [-0.2, 0) is 9.53 Å². The number of hydrogen-bond donors (Lipinski definition) is 2. The fraction of sp³-hybridized carbons (Fsp3) is 0.333. The van der Waals surface area contributed by atoms with E-state index in [9.17, 15) is 19.7 Å². The molecule has 2 N–H and O–H groups in total. The number of nitro benzene ring substituents is 1. The zero-order chi connectivity index (χ0) is 15.8. The smallest absolute Gasteiger partial charge is 0.270 e. The SMILES string of the molecule is COCCNC(=O)CNC(=O)c1cc([N+](=O)[O-])ccc1Br. The molecule has 0 unspecified atom stereocenters. The van der Waals surface area contributed by atoms with Crippen LogP contribution in [0.2, 0.25) is 0 Å². The van der Waals surface area contributed by atoms with Gasteiger partial charge in [0, 0.05) is 30.3 Å². The van der Waals surface area contributed by atoms with Crippen LogP contribution in [0.5, 0.6) is 0 Å². The molecule has 9 heteroatoms. The molecule has 8 nitrogen and oxygen atoms in total. The Kier molecular flexibility index (Phi) is 6.76. The number of nitro groups is 1. The normalized spacial score (nSPS) is 10.0. The molecular formula is C12H14BrN3O5. The highest BCUT2D eigenvalue weighted by Gasteiger charge is 2.16. The van der Waals surface area contributed by atoms with Gasteiger partial charge < -0.3 is 15.4 Å². The molecule has 0 aliphatic heterocycles. The van der Waals surface area contributed by atoms with Crippen LogP contribution in [0, 0.1) is 10.1 Å². The van der Waals surface area contributed by atoms with Gasteiger partial charge in [0.25, 0.3) is 11.6 Å². The third-order valence-electron chi connectivity index (χ3n) is 2.44. The Bertz CT molecular complexity index is 550. The summed E-state index contributed by atoms with van der Waals surface area (Å²) in [6.07, 6.45) is 0. The number of ether oxygens (including phenoxy) is 1. The molecule has 0 heterocycles. The van der Waals surface area contributed by atoms with E-state index in [2.05, 4.69) is 26.6 Å². The maximum Gasteiger partial charge on any atom is 0.270 e. The van der Waals surface area contributed by atoms with E-state index in [4.69, 9.17) is 4.74 Å². The summed E-state index contributed by atoms with van der Waals surface area (Å²) in [5.41, 5.74) is -0.109. The highest BCUT2D eigenvalue weighted by Crippen LogP contribution is 2.22. The Morgan fingerprint density at radius 1 is 1.38 bits per heavy atom. The van der Waals surface area contributed by atoms with Gasteiger partial charge in [-0.15, -0.1) is 0 Å². The van der Waals surface area contributed by atoms with Crippen molar-refractivity contribution >= 4 is 33.4 Å². The number of carbonyl (C=O) groups excluding carboxylic acids is 2. The highest BCUT2D eigenvalue weighted by molar-refractivity contribution is 9.10. The van der Waals surface area contributed by atoms with E-state index in [-0.39, 0.29) is 23.7 Å². The van der Waals surface area contributed by atoms with E-state index in [1.165, 1.54) is 19.2 Å². The lowest BCUT2D eigenvalue weighted by molar-refractivity contribution is -0.384. The number of nitrogens with zero attached hydrogens (tertiary/aromatic N) is 1. The summed E-state index contributed by atoms with van der Waals surface area (Å²) in [5, 5.41) is 15.6. The minimum Gasteiger partial charge on any atom is -0.383 e. The third kappa shape index (κ3) is 5.48. The Morgan fingerprint density at radius 2 is 2.10 bits per heavy atom. The van der Waals surface area contributed by atoms with Gasteiger partial charge in [-0.3, -0.25) is 19.7 Å². The predicted molar refractivity (Wildman–Crippen MR) is 78.0 cm³/mol. The van der Waals surface area contributed by atoms with Crippen molar-refractivity contribution in [1.82, 2.24) is 10.6 Å². The van der Waals surface area contributed by atoms with Crippen LogP contribution in [0.15, 0.2) is 22.7 Å². The number of nitrogens with one attached hydrogen (secondary N) is 2. The van der Waals surface area contributed by atoms with Crippen LogP contribution >= 0.6 is 15.9 Å². The Hall–Kier alpha value is -2.00. The molecule has 1 rings (SSSR count). The van der Waals surface area contributed by atoms with Crippen LogP contribution in [0.4, 0.5) is 5.69 Å². The molecule has 0 aromatic heterocycles. The minimum absolute atomic E-state index is 0.0916. The lowest BCUT2D eigenvalue weighted by Crippen LogP contribution is -2.38. The Balaban J connectivity index is 2.61. The molecule has 1 aromatic rings. The van der Waals surface area contributed by atoms with Crippen molar-refractivity contribution < 1.29 is 19.2 Å². The van der Waals surface area contributed by atoms with Gasteiger partial charge in [0.2, 0.25) is 5.91 Å². The number of rotatable bonds is 7. The summed E-state index contributed by atoms with van der Waals surface area (Å²) < 4.78 is 5.17. The van der Waals surface area contributed by atoms with Crippen molar-refractivity contribution in [2.24, 2.45) is 0 Å². The quantitative estimate of drug-likeness (QED) is 0.426. The second kappa shape index (κ2) is 8.32. The minimum atomic E-state index is -0.597. The standard InChI is InChI=1S/C12H14BrN3O5/c1-21-5-4-14-11(17)7-15-12(18)9-6-8(16(19)20)2-3-10(9)13/h2-3,6H,4-5,7H2,1H3,(H,14,17)(H,15,18). The first-order valence-electron chi connectivity index (χ1n) is 5.93. The summed E-state index contributed by atoms with van der Waals surface area (Å²) in [6, 6.07) is 3.83. The first-order valence-corrected chi connectivity index (χ1v) is 6.72. The summed E-state index contributed by atoms with van der Waals surface area (Å²) >= 11 is 3.14. The molecule has 0 atom stereocenters. The van der Waals surface area contributed by atoms with Gasteiger partial charge in [-0.1, -0.05) is 0 Å². The average Bonchev–Trinajstić information content (AvgIpc) is 2.45. The second-order valence-corrected chi connectivity index (χ2v) is 4.80. The third-order valence-corrected chi connectivity index (χ3v) is 3.13. The van der Waals surface area contributed by atoms with E-state index in [1.807, 2.05) is 0 Å². The average molecular weight is 360 g/mol. The Morgan fingerprint density at radius 3 is 2.71 bits per heavy atom. The number of carbonyl (C=O) groups is 2. The molecule has 1 aromatic carbocycles. The van der Waals surface area contributed by atoms with Crippen molar-refractivity contribution in [3.05, 3.63) is 38.3 Å². The number of hydrogen-bond acceptors (Lipinski definition) is 5. The lowest BCUT2D eigenvalue weighted by Gasteiger charge is -2.07. The van der Waals surface area contributed by atoms with Gasteiger partial charge in [0.15, 0.2) is 0 Å². The zero-order valence-corrected chi connectivity index (χ0v) is 12.8. The molecular weight excluding hydrogens is 346 g/mol. The van der Waals surface area contributed by atoms with E-state index >= 15 is 0 Å². The molecule has 0 aliphatic rings. The number of halogens is 1. The summed E-state index contributed by atoms with van der Waals surface area (Å²) in [5.74, 6) is -0.950. The van der Waals surface area contributed by atoms with E-state index in [1.54, 1.807) is 0 Å². The topological polar surface area (TPSA) is 111 Å². The zero-order valence-electron chi connectivity index (χ0n) is 11.2. The van der Waals surface area contributed by atoms with Crippen LogP contribution in [0.25, 0.3) is 0 Å². The monoisotopic (exact) mass is 359 g/mol. The lowest BCUT2D eigenvalue weighted by atomic mass is 10.2. The largest absolute Gasteiger partial charge is 0.383 e. The van der Waals surface area contributed by atoms with E-state index < -0.39 is 10.8 Å². The molecule has 0 saturated heterocycles. The fourth-order valence-corrected chi connectivity index (χ4v) is 1.84.